The van der Waals surface area contributed by atoms with Crippen molar-refractivity contribution in [2.75, 3.05) is 59.1 Å². The lowest BCUT2D eigenvalue weighted by Gasteiger charge is -2.27. The Labute approximate surface area is 437 Å². The summed E-state index contributed by atoms with van der Waals surface area (Å²) in [5.74, 6) is -0.601. The van der Waals surface area contributed by atoms with E-state index in [0.717, 1.165) is 154 Å². The molecular weight excluding hydrogens is 919 g/mol. The standard InChI is InChI=1S/C57H105N3O12/c1-55(2,3)70-52(64)58-40-31-25-19-13-10-16-22-29-38-50(62)68-47-35-44-60(54(66)72-57(7,8)9)42-33-27-21-15-12-18-24-30-39-51(63)69-48-36-45-59(53(65)71-56(4,5)6)41-32-26-20-14-11-17-23-28-37-49(61)67-46-34-43-58/h10-48H2,1-9H3. The third-order valence-electron chi connectivity index (χ3n) is 12.1. The summed E-state index contributed by atoms with van der Waals surface area (Å²) >= 11 is 0. The van der Waals surface area contributed by atoms with Crippen LogP contribution in [0.25, 0.3) is 0 Å². The Morgan fingerprint density at radius 1 is 0.306 bits per heavy atom. The molecule has 0 N–H and O–H groups in total. The van der Waals surface area contributed by atoms with E-state index in [1.807, 2.05) is 62.3 Å². The summed E-state index contributed by atoms with van der Waals surface area (Å²) in [6.45, 7) is 20.7. The van der Waals surface area contributed by atoms with Crippen LogP contribution >= 0.6 is 0 Å². The van der Waals surface area contributed by atoms with Crippen LogP contribution in [0.1, 0.15) is 255 Å². The summed E-state index contributed by atoms with van der Waals surface area (Å²) in [6.07, 6.45) is 25.6. The predicted molar refractivity (Wildman–Crippen MR) is 285 cm³/mol. The molecule has 1 aliphatic heterocycles. The number of cyclic esters (lactones) is 3. The van der Waals surface area contributed by atoms with Crippen LogP contribution in [0.5, 0.6) is 0 Å². The first kappa shape index (κ1) is 66.2. The van der Waals surface area contributed by atoms with Crippen LogP contribution in [0.15, 0.2) is 0 Å². The third-order valence-corrected chi connectivity index (χ3v) is 12.1. The Hall–Kier alpha value is -3.78. The van der Waals surface area contributed by atoms with Crippen molar-refractivity contribution in [2.24, 2.45) is 0 Å². The second-order valence-electron chi connectivity index (χ2n) is 22.9. The molecule has 0 spiro atoms. The topological polar surface area (TPSA) is 168 Å². The Morgan fingerprint density at radius 2 is 0.486 bits per heavy atom. The van der Waals surface area contributed by atoms with Crippen LogP contribution in [0, 0.1) is 0 Å². The van der Waals surface area contributed by atoms with Gasteiger partial charge < -0.3 is 43.1 Å². The van der Waals surface area contributed by atoms with Gasteiger partial charge in [-0.25, -0.2) is 14.4 Å². The summed E-state index contributed by atoms with van der Waals surface area (Å²) < 4.78 is 33.6. The molecule has 1 saturated heterocycles. The van der Waals surface area contributed by atoms with E-state index >= 15 is 0 Å². The maximum absolute atomic E-state index is 13.0. The van der Waals surface area contributed by atoms with Gasteiger partial charge in [-0.05, 0) is 120 Å². The van der Waals surface area contributed by atoms with Gasteiger partial charge in [0.05, 0.1) is 19.8 Å². The monoisotopic (exact) mass is 1020 g/mol. The van der Waals surface area contributed by atoms with Crippen LogP contribution < -0.4 is 0 Å². The minimum atomic E-state index is -0.600. The number of hydrogen-bond acceptors (Lipinski definition) is 12. The Bertz CT molecular complexity index is 1300. The lowest BCUT2D eigenvalue weighted by atomic mass is 10.1. The van der Waals surface area contributed by atoms with Gasteiger partial charge in [-0.15, -0.1) is 0 Å². The average molecular weight is 1020 g/mol. The van der Waals surface area contributed by atoms with Gasteiger partial charge in [-0.1, -0.05) is 116 Å². The van der Waals surface area contributed by atoms with Gasteiger partial charge in [-0.2, -0.15) is 0 Å². The molecule has 0 aromatic heterocycles. The molecule has 1 rings (SSSR count). The number of ether oxygens (including phenoxy) is 6. The van der Waals surface area contributed by atoms with E-state index in [0.29, 0.717) is 77.8 Å². The van der Waals surface area contributed by atoms with Crippen LogP contribution in [0.2, 0.25) is 0 Å². The molecule has 3 amide bonds. The van der Waals surface area contributed by atoms with Gasteiger partial charge in [0.2, 0.25) is 0 Å². The van der Waals surface area contributed by atoms with Crippen molar-refractivity contribution in [1.29, 1.82) is 0 Å². The lowest BCUT2D eigenvalue weighted by Crippen LogP contribution is -2.38. The zero-order valence-corrected chi connectivity index (χ0v) is 47.3. The zero-order valence-electron chi connectivity index (χ0n) is 47.3. The highest BCUT2D eigenvalue weighted by Crippen LogP contribution is 2.18. The lowest BCUT2D eigenvalue weighted by molar-refractivity contribution is -0.144. The number of esters is 3. The van der Waals surface area contributed by atoms with Gasteiger partial charge in [0.15, 0.2) is 0 Å². The zero-order chi connectivity index (χ0) is 53.5. The number of carbonyl (C=O) groups excluding carboxylic acids is 6. The van der Waals surface area contributed by atoms with Crippen molar-refractivity contribution >= 4 is 36.2 Å². The minimum Gasteiger partial charge on any atom is -0.466 e. The summed E-state index contributed by atoms with van der Waals surface area (Å²) in [5.41, 5.74) is -1.80. The molecule has 1 heterocycles. The van der Waals surface area contributed by atoms with Crippen molar-refractivity contribution in [3.63, 3.8) is 0 Å². The normalized spacial score (nSPS) is 20.3. The molecule has 420 valence electrons. The molecule has 0 saturated carbocycles. The number of nitrogens with zero attached hydrogens (tertiary/aromatic N) is 3. The molecule has 0 aromatic carbocycles. The molecule has 0 aliphatic carbocycles. The molecule has 0 bridgehead atoms. The fourth-order valence-corrected chi connectivity index (χ4v) is 8.30. The Kier molecular flexibility index (Phi) is 36.5. The minimum absolute atomic E-state index is 0.200. The van der Waals surface area contributed by atoms with Crippen LogP contribution in [0.3, 0.4) is 0 Å². The molecule has 0 radical (unpaired) electrons. The van der Waals surface area contributed by atoms with Gasteiger partial charge in [0.25, 0.3) is 0 Å². The summed E-state index contributed by atoms with van der Waals surface area (Å²) in [7, 11) is 0. The first-order valence-electron chi connectivity index (χ1n) is 28.6. The highest BCUT2D eigenvalue weighted by Gasteiger charge is 2.24. The van der Waals surface area contributed by atoms with E-state index in [4.69, 9.17) is 28.4 Å². The second kappa shape index (κ2) is 39.7. The summed E-state index contributed by atoms with van der Waals surface area (Å²) in [4.78, 5) is 81.7. The van der Waals surface area contributed by atoms with Gasteiger partial charge in [-0.3, -0.25) is 14.4 Å². The highest BCUT2D eigenvalue weighted by molar-refractivity contribution is 5.70. The van der Waals surface area contributed by atoms with E-state index in [2.05, 4.69) is 0 Å². The van der Waals surface area contributed by atoms with Crippen molar-refractivity contribution in [1.82, 2.24) is 14.7 Å². The highest BCUT2D eigenvalue weighted by atomic mass is 16.6. The van der Waals surface area contributed by atoms with Gasteiger partial charge in [0, 0.05) is 58.5 Å². The number of hydrogen-bond donors (Lipinski definition) is 0. The molecule has 1 aliphatic rings. The molecule has 15 heteroatoms. The SMILES string of the molecule is CC(C)(C)OC(=O)N1CCCCCCCCCCC(=O)OCCCN(C(=O)OC(C)(C)C)CCCCCCCCCCC(=O)OCCCN(C(=O)OC(C)(C)C)CCCCCCCCCCC(=O)OCCC1. The fraction of sp³-hybridized carbons (Fsp3) is 0.895. The molecule has 1 fully saturated rings. The van der Waals surface area contributed by atoms with Crippen molar-refractivity contribution in [3.8, 4) is 0 Å². The van der Waals surface area contributed by atoms with Crippen molar-refractivity contribution in [3.05, 3.63) is 0 Å². The van der Waals surface area contributed by atoms with E-state index in [-0.39, 0.29) is 56.0 Å². The van der Waals surface area contributed by atoms with Crippen LogP contribution in [-0.2, 0) is 42.8 Å². The van der Waals surface area contributed by atoms with Gasteiger partial charge >= 0.3 is 36.2 Å². The van der Waals surface area contributed by atoms with Crippen LogP contribution in [0.4, 0.5) is 14.4 Å². The molecule has 15 nitrogen and oxygen atoms in total. The Balaban J connectivity index is 2.72. The van der Waals surface area contributed by atoms with E-state index in [1.165, 1.54) is 0 Å². The molecular formula is C57H105N3O12. The van der Waals surface area contributed by atoms with Crippen molar-refractivity contribution < 1.29 is 57.2 Å². The maximum Gasteiger partial charge on any atom is 0.410 e. The van der Waals surface area contributed by atoms with E-state index in [1.54, 1.807) is 14.7 Å². The quantitative estimate of drug-likeness (QED) is 0.167. The summed E-state index contributed by atoms with van der Waals surface area (Å²) in [5, 5.41) is 0. The Morgan fingerprint density at radius 3 is 0.694 bits per heavy atom. The second-order valence-corrected chi connectivity index (χ2v) is 22.9. The molecule has 0 aromatic rings. The smallest absolute Gasteiger partial charge is 0.410 e. The largest absolute Gasteiger partial charge is 0.466 e. The van der Waals surface area contributed by atoms with Crippen LogP contribution in [-0.4, -0.2) is 127 Å². The summed E-state index contributed by atoms with van der Waals surface area (Å²) in [6, 6.07) is 0. The average Bonchev–Trinajstić information content (AvgIpc) is 3.27. The van der Waals surface area contributed by atoms with Crippen molar-refractivity contribution in [2.45, 2.75) is 272 Å². The first-order valence-corrected chi connectivity index (χ1v) is 28.6. The number of amides is 3. The number of rotatable bonds is 0. The van der Waals surface area contributed by atoms with Gasteiger partial charge in [0.1, 0.15) is 16.8 Å². The predicted octanol–water partition coefficient (Wildman–Crippen LogP) is 14.0. The number of carbonyl (C=O) groups is 6. The van der Waals surface area contributed by atoms with E-state index in [9.17, 15) is 28.8 Å². The molecule has 0 atom stereocenters. The third kappa shape index (κ3) is 40.7. The molecule has 72 heavy (non-hydrogen) atoms. The fourth-order valence-electron chi connectivity index (χ4n) is 8.30. The first-order chi connectivity index (χ1) is 34.1. The molecule has 0 unspecified atom stereocenters. The maximum atomic E-state index is 13.0. The van der Waals surface area contributed by atoms with E-state index < -0.39 is 16.8 Å².